The fourth-order valence-corrected chi connectivity index (χ4v) is 7.77. The maximum atomic E-state index is 6.23. The number of hydrogen-bond acceptors (Lipinski definition) is 6. The predicted octanol–water partition coefficient (Wildman–Crippen LogP) is 7.13. The Morgan fingerprint density at radius 3 is 2.11 bits per heavy atom. The number of piperidine rings is 1. The summed E-state index contributed by atoms with van der Waals surface area (Å²) in [6, 6.07) is 21.2. The zero-order chi connectivity index (χ0) is 30.5. The lowest BCUT2D eigenvalue weighted by Crippen LogP contribution is -2.47. The van der Waals surface area contributed by atoms with Crippen LogP contribution in [-0.4, -0.2) is 60.9 Å². The zero-order valence-electron chi connectivity index (χ0n) is 26.1. The second kappa shape index (κ2) is 13.9. The standard InChI is InChI=1S/C35H46ClN7S/c1-26-21-27(2)24-43(23-26)32-22-31(42-19-17-41(18-20-42)30-9-5-3-6-10-30)38-33(39-32)40-34(44)37-25-35(15-7-4-8-16-35)28-11-13-29(36)14-12-28/h3,5-6,9-14,22,26-27H,4,7-8,15-21,23-25H2,1-2H3,(H2,37,38,39,40,44)/t26-,27-/m0/s1. The Hall–Kier alpha value is -3.10. The molecular weight excluding hydrogens is 586 g/mol. The molecule has 2 N–H and O–H groups in total. The Morgan fingerprint density at radius 1 is 0.841 bits per heavy atom. The molecule has 1 aromatic heterocycles. The number of anilines is 4. The third-order valence-corrected chi connectivity index (χ3v) is 10.2. The molecule has 9 heteroatoms. The van der Waals surface area contributed by atoms with E-state index in [2.05, 4.69) is 87.7 Å². The van der Waals surface area contributed by atoms with Gasteiger partial charge in [-0.05, 0) is 73.1 Å². The molecule has 234 valence electrons. The monoisotopic (exact) mass is 631 g/mol. The van der Waals surface area contributed by atoms with E-state index in [1.807, 2.05) is 12.1 Å². The van der Waals surface area contributed by atoms with Gasteiger partial charge in [0, 0.05) is 68.0 Å². The molecule has 7 nitrogen and oxygen atoms in total. The number of nitrogens with one attached hydrogen (secondary N) is 2. The van der Waals surface area contributed by atoms with Crippen LogP contribution in [0.2, 0.25) is 5.02 Å². The molecule has 2 atom stereocenters. The van der Waals surface area contributed by atoms with E-state index in [0.717, 1.165) is 75.3 Å². The van der Waals surface area contributed by atoms with E-state index < -0.39 is 0 Å². The summed E-state index contributed by atoms with van der Waals surface area (Å²) in [7, 11) is 0. The van der Waals surface area contributed by atoms with Crippen molar-refractivity contribution < 1.29 is 0 Å². The van der Waals surface area contributed by atoms with E-state index in [1.165, 1.54) is 36.9 Å². The third kappa shape index (κ3) is 7.40. The molecule has 0 radical (unpaired) electrons. The normalized spacial score (nSPS) is 22.0. The van der Waals surface area contributed by atoms with Crippen molar-refractivity contribution in [3.05, 3.63) is 71.2 Å². The molecule has 3 heterocycles. The van der Waals surface area contributed by atoms with Crippen molar-refractivity contribution in [3.8, 4) is 0 Å². The molecule has 44 heavy (non-hydrogen) atoms. The number of nitrogens with zero attached hydrogens (tertiary/aromatic N) is 5. The number of thiocarbonyl (C=S) groups is 1. The fourth-order valence-electron chi connectivity index (χ4n) is 7.48. The van der Waals surface area contributed by atoms with Gasteiger partial charge in [0.15, 0.2) is 5.11 Å². The van der Waals surface area contributed by atoms with Gasteiger partial charge < -0.3 is 25.3 Å². The first-order chi connectivity index (χ1) is 21.4. The number of aromatic nitrogens is 2. The van der Waals surface area contributed by atoms with Gasteiger partial charge in [0.05, 0.1) is 0 Å². The quantitative estimate of drug-likeness (QED) is 0.267. The fraction of sp³-hybridized carbons (Fsp3) is 0.514. The predicted molar refractivity (Wildman–Crippen MR) is 188 cm³/mol. The van der Waals surface area contributed by atoms with Crippen LogP contribution in [0.4, 0.5) is 23.3 Å². The number of halogens is 1. The van der Waals surface area contributed by atoms with E-state index in [0.29, 0.717) is 22.9 Å². The highest BCUT2D eigenvalue weighted by atomic mass is 35.5. The van der Waals surface area contributed by atoms with Gasteiger partial charge in [0.25, 0.3) is 0 Å². The topological polar surface area (TPSA) is 59.6 Å². The largest absolute Gasteiger partial charge is 0.368 e. The Morgan fingerprint density at radius 2 is 1.45 bits per heavy atom. The molecular formula is C35H46ClN7S. The number of benzene rings is 2. The van der Waals surface area contributed by atoms with Crippen molar-refractivity contribution in [3.63, 3.8) is 0 Å². The van der Waals surface area contributed by atoms with E-state index in [1.54, 1.807) is 0 Å². The number of piperazine rings is 1. The molecule has 1 saturated carbocycles. The van der Waals surface area contributed by atoms with Gasteiger partial charge in [-0.15, -0.1) is 0 Å². The Balaban J connectivity index is 1.19. The molecule has 6 rings (SSSR count). The van der Waals surface area contributed by atoms with E-state index >= 15 is 0 Å². The van der Waals surface area contributed by atoms with Crippen LogP contribution in [0.3, 0.4) is 0 Å². The maximum Gasteiger partial charge on any atom is 0.232 e. The van der Waals surface area contributed by atoms with E-state index in [4.69, 9.17) is 33.8 Å². The van der Waals surface area contributed by atoms with Gasteiger partial charge in [0.2, 0.25) is 5.95 Å². The zero-order valence-corrected chi connectivity index (χ0v) is 27.7. The van der Waals surface area contributed by atoms with Crippen molar-refractivity contribution in [2.45, 2.75) is 57.8 Å². The second-order valence-corrected chi connectivity index (χ2v) is 14.1. The van der Waals surface area contributed by atoms with Crippen LogP contribution in [0, 0.1) is 11.8 Å². The van der Waals surface area contributed by atoms with Crippen molar-refractivity contribution in [1.82, 2.24) is 15.3 Å². The van der Waals surface area contributed by atoms with Gasteiger partial charge in [-0.2, -0.15) is 9.97 Å². The minimum absolute atomic E-state index is 0.0426. The van der Waals surface area contributed by atoms with Crippen LogP contribution in [0.25, 0.3) is 0 Å². The highest BCUT2D eigenvalue weighted by Gasteiger charge is 2.34. The number of hydrogen-bond donors (Lipinski definition) is 2. The first kappa shape index (κ1) is 30.9. The SMILES string of the molecule is C[C@H]1C[C@H](C)CN(c2cc(N3CCN(c4ccccc4)CC3)nc(NC(=S)NCC3(c4ccc(Cl)cc4)CCCCC3)n2)C1. The summed E-state index contributed by atoms with van der Waals surface area (Å²) >= 11 is 12.1. The highest BCUT2D eigenvalue weighted by Crippen LogP contribution is 2.39. The summed E-state index contributed by atoms with van der Waals surface area (Å²) in [4.78, 5) is 17.3. The van der Waals surface area contributed by atoms with E-state index in [-0.39, 0.29) is 5.41 Å². The van der Waals surface area contributed by atoms with Crippen LogP contribution in [0.5, 0.6) is 0 Å². The lowest BCUT2D eigenvalue weighted by atomic mass is 9.69. The highest BCUT2D eigenvalue weighted by molar-refractivity contribution is 7.80. The molecule has 2 aromatic carbocycles. The van der Waals surface area contributed by atoms with Gasteiger partial charge in [-0.1, -0.05) is 75.0 Å². The molecule has 0 unspecified atom stereocenters. The van der Waals surface area contributed by atoms with Gasteiger partial charge in [0.1, 0.15) is 11.6 Å². The first-order valence-corrected chi connectivity index (χ1v) is 17.2. The van der Waals surface area contributed by atoms with Crippen molar-refractivity contribution in [2.24, 2.45) is 11.8 Å². The van der Waals surface area contributed by atoms with Crippen molar-refractivity contribution >= 4 is 52.2 Å². The Labute approximate surface area is 273 Å². The molecule has 2 saturated heterocycles. The van der Waals surface area contributed by atoms with Crippen LogP contribution < -0.4 is 25.3 Å². The second-order valence-electron chi connectivity index (χ2n) is 13.2. The summed E-state index contributed by atoms with van der Waals surface area (Å²) in [6.07, 6.45) is 7.27. The molecule has 0 bridgehead atoms. The average Bonchev–Trinajstić information content (AvgIpc) is 3.04. The summed E-state index contributed by atoms with van der Waals surface area (Å²) < 4.78 is 0. The molecule has 0 spiro atoms. The molecule has 3 aliphatic rings. The summed E-state index contributed by atoms with van der Waals surface area (Å²) in [5.74, 6) is 3.77. The lowest BCUT2D eigenvalue weighted by Gasteiger charge is -2.39. The Bertz CT molecular complexity index is 1380. The van der Waals surface area contributed by atoms with Crippen LogP contribution >= 0.6 is 23.8 Å². The smallest absolute Gasteiger partial charge is 0.232 e. The van der Waals surface area contributed by atoms with E-state index in [9.17, 15) is 0 Å². The van der Waals surface area contributed by atoms with Gasteiger partial charge >= 0.3 is 0 Å². The third-order valence-electron chi connectivity index (χ3n) is 9.70. The number of rotatable bonds is 7. The van der Waals surface area contributed by atoms with Crippen LogP contribution in [0.15, 0.2) is 60.7 Å². The molecule has 3 fully saturated rings. The lowest BCUT2D eigenvalue weighted by molar-refractivity contribution is 0.292. The minimum Gasteiger partial charge on any atom is -0.368 e. The maximum absolute atomic E-state index is 6.23. The van der Waals surface area contributed by atoms with Crippen LogP contribution in [0.1, 0.15) is 57.9 Å². The molecule has 2 aliphatic heterocycles. The Kier molecular flexibility index (Phi) is 9.77. The molecule has 0 amide bonds. The molecule has 3 aromatic rings. The van der Waals surface area contributed by atoms with Crippen molar-refractivity contribution in [1.29, 1.82) is 0 Å². The van der Waals surface area contributed by atoms with Gasteiger partial charge in [-0.25, -0.2) is 0 Å². The molecule has 1 aliphatic carbocycles. The van der Waals surface area contributed by atoms with Gasteiger partial charge in [-0.3, -0.25) is 0 Å². The summed E-state index contributed by atoms with van der Waals surface area (Å²) in [5, 5.41) is 8.30. The van der Waals surface area contributed by atoms with Crippen molar-refractivity contribution in [2.75, 3.05) is 65.8 Å². The first-order valence-electron chi connectivity index (χ1n) is 16.4. The summed E-state index contributed by atoms with van der Waals surface area (Å²) in [6.45, 7) is 11.2. The summed E-state index contributed by atoms with van der Waals surface area (Å²) in [5.41, 5.74) is 2.65. The minimum atomic E-state index is 0.0426. The average molecular weight is 632 g/mol. The van der Waals surface area contributed by atoms with Crippen LogP contribution in [-0.2, 0) is 5.41 Å². The number of para-hydroxylation sites is 1.